The quantitative estimate of drug-likeness (QED) is 0.898. The highest BCUT2D eigenvalue weighted by Gasteiger charge is 2.21. The van der Waals surface area contributed by atoms with Crippen molar-refractivity contribution in [2.24, 2.45) is 5.73 Å². The topological polar surface area (TPSA) is 38.0 Å². The maximum Gasteiger partial charge on any atom is 0.0399 e. The fraction of sp³-hybridized carbons (Fsp3) is 0.667. The van der Waals surface area contributed by atoms with E-state index in [0.29, 0.717) is 18.1 Å². The average Bonchev–Trinajstić information content (AvgIpc) is 2.68. The predicted molar refractivity (Wildman–Crippen MR) is 73.8 cm³/mol. The molecule has 1 heterocycles. The first-order valence-corrected chi connectivity index (χ1v) is 7.58. The molecule has 16 heavy (non-hydrogen) atoms. The normalized spacial score (nSPS) is 27.9. The number of halogens is 1. The van der Waals surface area contributed by atoms with Gasteiger partial charge in [-0.05, 0) is 60.0 Å². The van der Waals surface area contributed by atoms with Crippen molar-refractivity contribution in [1.29, 1.82) is 0 Å². The van der Waals surface area contributed by atoms with Gasteiger partial charge in [0.1, 0.15) is 0 Å². The number of hydrogen-bond donors (Lipinski definition) is 2. The molecule has 1 aromatic heterocycles. The molecule has 3 N–H and O–H groups in total. The largest absolute Gasteiger partial charge is 0.328 e. The van der Waals surface area contributed by atoms with Crippen LogP contribution in [0.5, 0.6) is 0 Å². The Labute approximate surface area is 110 Å². The molecule has 1 saturated carbocycles. The Kier molecular flexibility index (Phi) is 4.41. The van der Waals surface area contributed by atoms with Crippen molar-refractivity contribution in [3.05, 3.63) is 20.8 Å². The van der Waals surface area contributed by atoms with Crippen molar-refractivity contribution in [1.82, 2.24) is 5.32 Å². The van der Waals surface area contributed by atoms with Gasteiger partial charge >= 0.3 is 0 Å². The van der Waals surface area contributed by atoms with Crippen LogP contribution in [0.25, 0.3) is 0 Å². The lowest BCUT2D eigenvalue weighted by molar-refractivity contribution is 0.323. The monoisotopic (exact) mass is 302 g/mol. The molecule has 1 unspecified atom stereocenters. The van der Waals surface area contributed by atoms with E-state index in [1.54, 1.807) is 0 Å². The molecule has 0 saturated heterocycles. The van der Waals surface area contributed by atoms with Gasteiger partial charge in [-0.1, -0.05) is 0 Å². The molecule has 0 amide bonds. The van der Waals surface area contributed by atoms with Crippen LogP contribution < -0.4 is 11.1 Å². The predicted octanol–water partition coefficient (Wildman–Crippen LogP) is 3.43. The van der Waals surface area contributed by atoms with E-state index < -0.39 is 0 Å². The van der Waals surface area contributed by atoms with Crippen LogP contribution in [-0.2, 0) is 0 Å². The van der Waals surface area contributed by atoms with Crippen LogP contribution in [0.2, 0.25) is 0 Å². The van der Waals surface area contributed by atoms with Crippen molar-refractivity contribution in [3.63, 3.8) is 0 Å². The summed E-state index contributed by atoms with van der Waals surface area (Å²) in [5.41, 5.74) is 5.91. The van der Waals surface area contributed by atoms with Crippen LogP contribution in [0.1, 0.15) is 43.5 Å². The van der Waals surface area contributed by atoms with Gasteiger partial charge in [0.25, 0.3) is 0 Å². The molecular weight excluding hydrogens is 284 g/mol. The second-order valence-electron chi connectivity index (χ2n) is 4.63. The van der Waals surface area contributed by atoms with E-state index in [9.17, 15) is 0 Å². The molecule has 0 bridgehead atoms. The van der Waals surface area contributed by atoms with E-state index in [-0.39, 0.29) is 0 Å². The molecule has 0 aromatic carbocycles. The summed E-state index contributed by atoms with van der Waals surface area (Å²) in [7, 11) is 0. The first-order chi connectivity index (χ1) is 7.66. The van der Waals surface area contributed by atoms with E-state index >= 15 is 0 Å². The lowest BCUT2D eigenvalue weighted by Gasteiger charge is -2.29. The fourth-order valence-electron chi connectivity index (χ4n) is 2.33. The van der Waals surface area contributed by atoms with Gasteiger partial charge in [-0.15, -0.1) is 11.3 Å². The molecule has 4 heteroatoms. The Bertz CT molecular complexity index is 332. The van der Waals surface area contributed by atoms with Gasteiger partial charge in [0.15, 0.2) is 0 Å². The highest BCUT2D eigenvalue weighted by Crippen LogP contribution is 2.30. The van der Waals surface area contributed by atoms with Gasteiger partial charge in [-0.25, -0.2) is 0 Å². The molecule has 0 radical (unpaired) electrons. The number of thiophene rings is 1. The molecule has 1 aliphatic carbocycles. The second-order valence-corrected chi connectivity index (χ2v) is 6.43. The molecule has 0 spiro atoms. The Hall–Kier alpha value is 0.100. The lowest BCUT2D eigenvalue weighted by Crippen LogP contribution is -2.38. The van der Waals surface area contributed by atoms with Gasteiger partial charge in [0.2, 0.25) is 0 Å². The third kappa shape index (κ3) is 3.06. The zero-order valence-electron chi connectivity index (χ0n) is 9.58. The first-order valence-electron chi connectivity index (χ1n) is 5.91. The van der Waals surface area contributed by atoms with E-state index in [4.69, 9.17) is 5.73 Å². The van der Waals surface area contributed by atoms with Gasteiger partial charge in [-0.3, -0.25) is 0 Å². The molecular formula is C12H19BrN2S. The zero-order chi connectivity index (χ0) is 11.5. The highest BCUT2D eigenvalue weighted by atomic mass is 79.9. The van der Waals surface area contributed by atoms with Crippen molar-refractivity contribution >= 4 is 27.3 Å². The van der Waals surface area contributed by atoms with Crippen molar-refractivity contribution in [2.45, 2.75) is 50.7 Å². The third-order valence-electron chi connectivity index (χ3n) is 3.30. The van der Waals surface area contributed by atoms with E-state index in [1.165, 1.54) is 22.2 Å². The summed E-state index contributed by atoms with van der Waals surface area (Å²) in [5, 5.41) is 5.84. The van der Waals surface area contributed by atoms with Crippen LogP contribution in [0, 0.1) is 0 Å². The molecule has 1 fully saturated rings. The minimum atomic E-state index is 0.432. The van der Waals surface area contributed by atoms with Crippen molar-refractivity contribution in [3.8, 4) is 0 Å². The SMILES string of the molecule is CC(NC1CCC(N)CC1)c1sccc1Br. The maximum atomic E-state index is 5.91. The number of rotatable bonds is 3. The Balaban J connectivity index is 1.88. The molecule has 90 valence electrons. The van der Waals surface area contributed by atoms with Gasteiger partial charge in [-0.2, -0.15) is 0 Å². The van der Waals surface area contributed by atoms with Crippen LogP contribution in [0.15, 0.2) is 15.9 Å². The molecule has 1 aliphatic rings. The van der Waals surface area contributed by atoms with Crippen molar-refractivity contribution < 1.29 is 0 Å². The van der Waals surface area contributed by atoms with E-state index in [2.05, 4.69) is 39.6 Å². The van der Waals surface area contributed by atoms with Gasteiger partial charge < -0.3 is 11.1 Å². The molecule has 1 aromatic rings. The minimum absolute atomic E-state index is 0.432. The Morgan fingerprint density at radius 2 is 2.12 bits per heavy atom. The standard InChI is InChI=1S/C12H19BrN2S/c1-8(12-11(13)6-7-16-12)15-10-4-2-9(14)3-5-10/h6-10,15H,2-5,14H2,1H3. The zero-order valence-corrected chi connectivity index (χ0v) is 12.0. The van der Waals surface area contributed by atoms with E-state index in [0.717, 1.165) is 12.8 Å². The van der Waals surface area contributed by atoms with Crippen LogP contribution in [-0.4, -0.2) is 12.1 Å². The molecule has 2 nitrogen and oxygen atoms in total. The number of nitrogens with one attached hydrogen (secondary N) is 1. The summed E-state index contributed by atoms with van der Waals surface area (Å²) >= 11 is 5.40. The number of hydrogen-bond acceptors (Lipinski definition) is 3. The number of nitrogens with two attached hydrogens (primary N) is 1. The third-order valence-corrected chi connectivity index (χ3v) is 5.35. The van der Waals surface area contributed by atoms with Gasteiger partial charge in [0.05, 0.1) is 0 Å². The van der Waals surface area contributed by atoms with Gasteiger partial charge in [0, 0.05) is 27.5 Å². The minimum Gasteiger partial charge on any atom is -0.328 e. The first kappa shape index (κ1) is 12.6. The average molecular weight is 303 g/mol. The van der Waals surface area contributed by atoms with Crippen LogP contribution in [0.4, 0.5) is 0 Å². The summed E-state index contributed by atoms with van der Waals surface area (Å²) in [6.07, 6.45) is 4.76. The molecule has 1 atom stereocenters. The molecule has 0 aliphatic heterocycles. The summed E-state index contributed by atoms with van der Waals surface area (Å²) in [4.78, 5) is 1.40. The van der Waals surface area contributed by atoms with Crippen molar-refractivity contribution in [2.75, 3.05) is 0 Å². The summed E-state index contributed by atoms with van der Waals surface area (Å²) < 4.78 is 1.23. The summed E-state index contributed by atoms with van der Waals surface area (Å²) in [6, 6.07) is 3.63. The fourth-order valence-corrected chi connectivity index (χ4v) is 4.06. The smallest absolute Gasteiger partial charge is 0.0399 e. The Morgan fingerprint density at radius 3 is 2.69 bits per heavy atom. The highest BCUT2D eigenvalue weighted by molar-refractivity contribution is 9.10. The summed E-state index contributed by atoms with van der Waals surface area (Å²) in [6.45, 7) is 2.24. The van der Waals surface area contributed by atoms with Crippen LogP contribution >= 0.6 is 27.3 Å². The Morgan fingerprint density at radius 1 is 1.44 bits per heavy atom. The molecule has 2 rings (SSSR count). The lowest BCUT2D eigenvalue weighted by atomic mass is 9.91. The maximum absolute atomic E-state index is 5.91. The second kappa shape index (κ2) is 5.63. The van der Waals surface area contributed by atoms with Crippen LogP contribution in [0.3, 0.4) is 0 Å². The van der Waals surface area contributed by atoms with E-state index in [1.807, 2.05) is 11.3 Å². The summed E-state index contributed by atoms with van der Waals surface area (Å²) in [5.74, 6) is 0.